The molecule has 5 heterocycles. The maximum atomic E-state index is 4.95. The van der Waals surface area contributed by atoms with Gasteiger partial charge in [-0.05, 0) is 69.9 Å². The highest BCUT2D eigenvalue weighted by Crippen LogP contribution is 2.34. The molecule has 0 bridgehead atoms. The average molecular weight is 418 g/mol. The van der Waals surface area contributed by atoms with E-state index in [0.29, 0.717) is 12.1 Å². The number of hydrogen-bond acceptors (Lipinski definition) is 6. The topological polar surface area (TPSA) is 52.8 Å². The quantitative estimate of drug-likeness (QED) is 0.651. The van der Waals surface area contributed by atoms with Crippen LogP contribution < -0.4 is 4.90 Å². The molecular formula is C24H31N7. The van der Waals surface area contributed by atoms with E-state index in [1.165, 1.54) is 30.6 Å². The monoisotopic (exact) mass is 417 g/mol. The zero-order chi connectivity index (χ0) is 20.9. The standard InChI is InChI=1S/C24H31N7/c1-28-12-9-18-13-30(16-21(18)28)24-26-11-8-22-27-19(15-31(22)24)14-29(2)20-7-3-5-17-6-4-10-25-23(17)20/h4,6,8,10-11,15,18,20-21H,3,5,7,9,12-14,16H2,1-2H3. The molecule has 1 aliphatic carbocycles. The summed E-state index contributed by atoms with van der Waals surface area (Å²) in [6, 6.07) is 7.33. The minimum atomic E-state index is 0.362. The predicted molar refractivity (Wildman–Crippen MR) is 121 cm³/mol. The molecular weight excluding hydrogens is 386 g/mol. The lowest BCUT2D eigenvalue weighted by Crippen LogP contribution is -2.32. The van der Waals surface area contributed by atoms with E-state index < -0.39 is 0 Å². The zero-order valence-corrected chi connectivity index (χ0v) is 18.5. The van der Waals surface area contributed by atoms with Gasteiger partial charge in [-0.25, -0.2) is 9.97 Å². The fourth-order valence-corrected chi connectivity index (χ4v) is 5.98. The molecule has 0 spiro atoms. The van der Waals surface area contributed by atoms with Gasteiger partial charge < -0.3 is 9.80 Å². The minimum Gasteiger partial charge on any atom is -0.340 e. The highest BCUT2D eigenvalue weighted by Gasteiger charge is 2.40. The number of hydrogen-bond donors (Lipinski definition) is 0. The number of aryl methyl sites for hydroxylation is 1. The largest absolute Gasteiger partial charge is 0.340 e. The summed E-state index contributed by atoms with van der Waals surface area (Å²) < 4.78 is 2.19. The summed E-state index contributed by atoms with van der Waals surface area (Å²) in [4.78, 5) is 21.8. The Hall–Kier alpha value is -2.51. The first-order valence-electron chi connectivity index (χ1n) is 11.6. The van der Waals surface area contributed by atoms with Crippen molar-refractivity contribution in [1.29, 1.82) is 0 Å². The Morgan fingerprint density at radius 2 is 2.06 bits per heavy atom. The van der Waals surface area contributed by atoms with Gasteiger partial charge in [0.15, 0.2) is 0 Å². The van der Waals surface area contributed by atoms with E-state index in [0.717, 1.165) is 55.7 Å². The average Bonchev–Trinajstić information content (AvgIpc) is 3.48. The van der Waals surface area contributed by atoms with Crippen LogP contribution in [-0.4, -0.2) is 68.9 Å². The van der Waals surface area contributed by atoms with Crippen molar-refractivity contribution in [2.75, 3.05) is 38.6 Å². The molecule has 0 radical (unpaired) electrons. The number of fused-ring (bicyclic) bond motifs is 3. The van der Waals surface area contributed by atoms with E-state index in [9.17, 15) is 0 Å². The number of pyridine rings is 1. The first kappa shape index (κ1) is 19.2. The Labute approximate surface area is 183 Å². The third-order valence-electron chi connectivity index (χ3n) is 7.63. The summed E-state index contributed by atoms with van der Waals surface area (Å²) in [5, 5.41) is 0. The van der Waals surface area contributed by atoms with Gasteiger partial charge in [-0.3, -0.25) is 14.3 Å². The number of nitrogens with zero attached hydrogens (tertiary/aromatic N) is 7. The SMILES string of the molecule is CN(Cc1cn2c(N3CC4CCN(C)C4C3)nccc2n1)C1CCCc2cccnc21. The van der Waals surface area contributed by atoms with Gasteiger partial charge in [0.05, 0.1) is 17.4 Å². The summed E-state index contributed by atoms with van der Waals surface area (Å²) in [6.07, 6.45) is 10.8. The van der Waals surface area contributed by atoms with Gasteiger partial charge in [0.25, 0.3) is 0 Å². The highest BCUT2D eigenvalue weighted by atomic mass is 15.3. The lowest BCUT2D eigenvalue weighted by Gasteiger charge is -2.31. The summed E-state index contributed by atoms with van der Waals surface area (Å²) >= 11 is 0. The molecule has 2 fully saturated rings. The Morgan fingerprint density at radius 3 is 2.97 bits per heavy atom. The smallest absolute Gasteiger partial charge is 0.211 e. The summed E-state index contributed by atoms with van der Waals surface area (Å²) in [5.41, 5.74) is 4.73. The Kier molecular flexibility index (Phi) is 4.69. The van der Waals surface area contributed by atoms with Crippen molar-refractivity contribution in [1.82, 2.24) is 29.2 Å². The van der Waals surface area contributed by atoms with Crippen molar-refractivity contribution in [3.8, 4) is 0 Å². The molecule has 0 amide bonds. The maximum Gasteiger partial charge on any atom is 0.211 e. The second-order valence-corrected chi connectivity index (χ2v) is 9.58. The number of imidazole rings is 1. The van der Waals surface area contributed by atoms with Crippen molar-refractivity contribution < 1.29 is 0 Å². The predicted octanol–water partition coefficient (Wildman–Crippen LogP) is 2.77. The molecule has 7 nitrogen and oxygen atoms in total. The van der Waals surface area contributed by atoms with Gasteiger partial charge in [-0.15, -0.1) is 0 Å². The third kappa shape index (κ3) is 3.31. The maximum absolute atomic E-state index is 4.95. The lowest BCUT2D eigenvalue weighted by atomic mass is 9.91. The molecule has 0 saturated carbocycles. The molecule has 3 unspecified atom stereocenters. The van der Waals surface area contributed by atoms with Crippen LogP contribution in [0.1, 0.15) is 42.3 Å². The van der Waals surface area contributed by atoms with Crippen LogP contribution in [0.3, 0.4) is 0 Å². The molecule has 0 N–H and O–H groups in total. The number of anilines is 1. The Morgan fingerprint density at radius 1 is 1.13 bits per heavy atom. The minimum absolute atomic E-state index is 0.362. The van der Waals surface area contributed by atoms with Gasteiger partial charge in [-0.2, -0.15) is 0 Å². The molecule has 3 atom stereocenters. The van der Waals surface area contributed by atoms with Crippen LogP contribution in [0.25, 0.3) is 5.65 Å². The van der Waals surface area contributed by atoms with Gasteiger partial charge in [0.2, 0.25) is 5.95 Å². The Balaban J connectivity index is 1.25. The molecule has 3 aliphatic rings. The second-order valence-electron chi connectivity index (χ2n) is 9.58. The van der Waals surface area contributed by atoms with E-state index in [4.69, 9.17) is 15.0 Å². The second kappa shape index (κ2) is 7.57. The van der Waals surface area contributed by atoms with Crippen LogP contribution in [-0.2, 0) is 13.0 Å². The molecule has 31 heavy (non-hydrogen) atoms. The van der Waals surface area contributed by atoms with Crippen molar-refractivity contribution in [3.05, 3.63) is 53.7 Å². The van der Waals surface area contributed by atoms with Crippen LogP contribution >= 0.6 is 0 Å². The molecule has 0 aromatic carbocycles. The van der Waals surface area contributed by atoms with Crippen LogP contribution in [0.15, 0.2) is 36.8 Å². The van der Waals surface area contributed by atoms with Crippen molar-refractivity contribution in [3.63, 3.8) is 0 Å². The number of likely N-dealkylation sites (N-methyl/N-ethyl adjacent to an activating group) is 1. The summed E-state index contributed by atoms with van der Waals surface area (Å²) in [6.45, 7) is 4.20. The molecule has 6 rings (SSSR count). The Bertz CT molecular complexity index is 1090. The van der Waals surface area contributed by atoms with Gasteiger partial charge in [0, 0.05) is 44.3 Å². The normalized spacial score (nSPS) is 26.0. The van der Waals surface area contributed by atoms with E-state index in [2.05, 4.69) is 51.5 Å². The first-order chi connectivity index (χ1) is 15.2. The lowest BCUT2D eigenvalue weighted by molar-refractivity contribution is 0.206. The van der Waals surface area contributed by atoms with Gasteiger partial charge in [0.1, 0.15) is 5.65 Å². The fourth-order valence-electron chi connectivity index (χ4n) is 5.98. The van der Waals surface area contributed by atoms with Gasteiger partial charge >= 0.3 is 0 Å². The third-order valence-corrected chi connectivity index (χ3v) is 7.63. The highest BCUT2D eigenvalue weighted by molar-refractivity contribution is 5.48. The fraction of sp³-hybridized carbons (Fsp3) is 0.542. The van der Waals surface area contributed by atoms with Crippen LogP contribution in [0, 0.1) is 5.92 Å². The molecule has 7 heteroatoms. The van der Waals surface area contributed by atoms with E-state index in [1.54, 1.807) is 0 Å². The van der Waals surface area contributed by atoms with Crippen LogP contribution in [0.5, 0.6) is 0 Å². The summed E-state index contributed by atoms with van der Waals surface area (Å²) in [7, 11) is 4.46. The number of likely N-dealkylation sites (tertiary alicyclic amines) is 1. The van der Waals surface area contributed by atoms with Gasteiger partial charge in [-0.1, -0.05) is 6.07 Å². The molecule has 3 aromatic rings. The van der Waals surface area contributed by atoms with Crippen molar-refractivity contribution >= 4 is 11.6 Å². The number of aromatic nitrogens is 4. The van der Waals surface area contributed by atoms with E-state index >= 15 is 0 Å². The van der Waals surface area contributed by atoms with Crippen LogP contribution in [0.4, 0.5) is 5.95 Å². The molecule has 2 aliphatic heterocycles. The summed E-state index contributed by atoms with van der Waals surface area (Å²) in [5.74, 6) is 1.79. The van der Waals surface area contributed by atoms with Crippen molar-refractivity contribution in [2.24, 2.45) is 5.92 Å². The van der Waals surface area contributed by atoms with E-state index in [1.807, 2.05) is 18.5 Å². The van der Waals surface area contributed by atoms with Crippen LogP contribution in [0.2, 0.25) is 0 Å². The first-order valence-corrected chi connectivity index (χ1v) is 11.6. The molecule has 3 aromatic heterocycles. The number of rotatable bonds is 4. The van der Waals surface area contributed by atoms with E-state index in [-0.39, 0.29) is 0 Å². The zero-order valence-electron chi connectivity index (χ0n) is 18.5. The van der Waals surface area contributed by atoms with Crippen molar-refractivity contribution in [2.45, 2.75) is 44.3 Å². The molecule has 162 valence electrons. The molecule has 2 saturated heterocycles.